The van der Waals surface area contributed by atoms with Crippen molar-refractivity contribution in [3.63, 3.8) is 0 Å². The molecule has 0 bridgehead atoms. The number of methoxy groups -OCH3 is 1. The van der Waals surface area contributed by atoms with Gasteiger partial charge in [0, 0.05) is 16.7 Å². The molecule has 0 saturated carbocycles. The fourth-order valence-corrected chi connectivity index (χ4v) is 2.65. The molecule has 0 unspecified atom stereocenters. The van der Waals surface area contributed by atoms with Crippen molar-refractivity contribution in [1.82, 2.24) is 0 Å². The highest BCUT2D eigenvalue weighted by molar-refractivity contribution is 6.08. The highest BCUT2D eigenvalue weighted by atomic mass is 16.5. The van der Waals surface area contributed by atoms with Crippen molar-refractivity contribution in [3.05, 3.63) is 70.8 Å². The van der Waals surface area contributed by atoms with E-state index in [1.807, 2.05) is 55.5 Å². The summed E-state index contributed by atoms with van der Waals surface area (Å²) in [5, 5.41) is 9.37. The second-order valence-electron chi connectivity index (χ2n) is 5.60. The van der Waals surface area contributed by atoms with Crippen LogP contribution in [0.25, 0.3) is 11.3 Å². The molecule has 2 aromatic carbocycles. The Balaban J connectivity index is 2.20. The number of nitriles is 1. The van der Waals surface area contributed by atoms with E-state index in [1.54, 1.807) is 13.2 Å². The summed E-state index contributed by atoms with van der Waals surface area (Å²) in [6, 6.07) is 14.8. The monoisotopic (exact) mass is 332 g/mol. The third-order valence-electron chi connectivity index (χ3n) is 3.92. The summed E-state index contributed by atoms with van der Waals surface area (Å²) in [6.07, 6.45) is 1.67. The lowest BCUT2D eigenvalue weighted by Gasteiger charge is -2.21. The Morgan fingerprint density at radius 3 is 2.52 bits per heavy atom. The first-order chi connectivity index (χ1) is 12.0. The van der Waals surface area contributed by atoms with Crippen LogP contribution in [0.2, 0.25) is 0 Å². The highest BCUT2D eigenvalue weighted by Crippen LogP contribution is 2.39. The SMILES string of the molecule is COc1ccc(C2=C/C(=C(\C#N)C(N)=O)c3cc(C)ccc3O2)cc1. The van der Waals surface area contributed by atoms with Crippen LogP contribution in [0.5, 0.6) is 11.5 Å². The van der Waals surface area contributed by atoms with Crippen LogP contribution >= 0.6 is 0 Å². The van der Waals surface area contributed by atoms with Gasteiger partial charge in [-0.25, -0.2) is 0 Å². The lowest BCUT2D eigenvalue weighted by Crippen LogP contribution is -2.16. The molecule has 1 amide bonds. The molecule has 2 N–H and O–H groups in total. The van der Waals surface area contributed by atoms with Gasteiger partial charge in [-0.3, -0.25) is 4.79 Å². The second kappa shape index (κ2) is 6.54. The Hall–Kier alpha value is -3.52. The maximum atomic E-state index is 11.7. The fraction of sp³-hybridized carbons (Fsp3) is 0.100. The van der Waals surface area contributed by atoms with E-state index in [0.29, 0.717) is 22.6 Å². The number of carbonyl (C=O) groups excluding carboxylic acids is 1. The van der Waals surface area contributed by atoms with Gasteiger partial charge < -0.3 is 15.2 Å². The minimum Gasteiger partial charge on any atom is -0.497 e. The minimum atomic E-state index is -0.766. The van der Waals surface area contributed by atoms with Crippen LogP contribution < -0.4 is 15.2 Å². The highest BCUT2D eigenvalue weighted by Gasteiger charge is 2.23. The van der Waals surface area contributed by atoms with E-state index < -0.39 is 5.91 Å². The molecular weight excluding hydrogens is 316 g/mol. The van der Waals surface area contributed by atoms with Gasteiger partial charge in [0.15, 0.2) is 0 Å². The molecule has 1 aliphatic rings. The number of nitrogens with zero attached hydrogens (tertiary/aromatic N) is 1. The summed E-state index contributed by atoms with van der Waals surface area (Å²) in [5.74, 6) is 1.06. The number of carbonyl (C=O) groups is 1. The van der Waals surface area contributed by atoms with Crippen molar-refractivity contribution < 1.29 is 14.3 Å². The van der Waals surface area contributed by atoms with Crippen LogP contribution in [0.1, 0.15) is 16.7 Å². The molecule has 2 aromatic rings. The van der Waals surface area contributed by atoms with E-state index in [1.165, 1.54) is 0 Å². The zero-order valence-corrected chi connectivity index (χ0v) is 13.9. The first-order valence-electron chi connectivity index (χ1n) is 7.62. The number of allylic oxidation sites excluding steroid dienone is 2. The van der Waals surface area contributed by atoms with E-state index >= 15 is 0 Å². The molecule has 1 heterocycles. The number of fused-ring (bicyclic) bond motifs is 1. The zero-order valence-electron chi connectivity index (χ0n) is 13.9. The smallest absolute Gasteiger partial charge is 0.259 e. The van der Waals surface area contributed by atoms with Crippen molar-refractivity contribution in [2.75, 3.05) is 7.11 Å². The van der Waals surface area contributed by atoms with Gasteiger partial charge in [-0.05, 0) is 49.4 Å². The molecule has 0 fully saturated rings. The molecule has 0 radical (unpaired) electrons. The summed E-state index contributed by atoms with van der Waals surface area (Å²) in [5.41, 5.74) is 8.22. The Bertz CT molecular complexity index is 948. The normalized spacial score (nSPS) is 14.5. The Kier molecular flexibility index (Phi) is 4.27. The Morgan fingerprint density at radius 1 is 1.20 bits per heavy atom. The molecule has 1 aliphatic heterocycles. The third kappa shape index (κ3) is 3.10. The van der Waals surface area contributed by atoms with Crippen LogP contribution in [-0.4, -0.2) is 13.0 Å². The largest absolute Gasteiger partial charge is 0.497 e. The third-order valence-corrected chi connectivity index (χ3v) is 3.92. The lowest BCUT2D eigenvalue weighted by molar-refractivity contribution is -0.114. The molecule has 0 spiro atoms. The average molecular weight is 332 g/mol. The predicted octanol–water partition coefficient (Wildman–Crippen LogP) is 3.20. The average Bonchev–Trinajstić information content (AvgIpc) is 2.62. The molecule has 0 atom stereocenters. The molecular formula is C20H16N2O3. The van der Waals surface area contributed by atoms with Gasteiger partial charge in [0.25, 0.3) is 5.91 Å². The van der Waals surface area contributed by atoms with Crippen molar-refractivity contribution in [1.29, 1.82) is 5.26 Å². The topological polar surface area (TPSA) is 85.3 Å². The van der Waals surface area contributed by atoms with Gasteiger partial charge in [0.05, 0.1) is 7.11 Å². The maximum absolute atomic E-state index is 11.7. The molecule has 0 aliphatic carbocycles. The molecule has 124 valence electrons. The first kappa shape index (κ1) is 16.3. The molecule has 25 heavy (non-hydrogen) atoms. The number of ether oxygens (including phenoxy) is 2. The molecule has 3 rings (SSSR count). The van der Waals surface area contributed by atoms with Crippen molar-refractivity contribution >= 4 is 17.2 Å². The quantitative estimate of drug-likeness (QED) is 0.691. The molecule has 5 nitrogen and oxygen atoms in total. The van der Waals surface area contributed by atoms with Crippen LogP contribution in [0.4, 0.5) is 0 Å². The minimum absolute atomic E-state index is 0.0961. The van der Waals surface area contributed by atoms with Gasteiger partial charge >= 0.3 is 0 Å². The van der Waals surface area contributed by atoms with E-state index in [-0.39, 0.29) is 5.57 Å². The number of primary amides is 1. The second-order valence-corrected chi connectivity index (χ2v) is 5.60. The number of nitrogens with two attached hydrogens (primary N) is 1. The van der Waals surface area contributed by atoms with Gasteiger partial charge in [0.1, 0.15) is 28.9 Å². The van der Waals surface area contributed by atoms with Gasteiger partial charge in [-0.15, -0.1) is 0 Å². The number of hydrogen-bond acceptors (Lipinski definition) is 4. The van der Waals surface area contributed by atoms with E-state index in [2.05, 4.69) is 0 Å². The maximum Gasteiger partial charge on any atom is 0.259 e. The number of benzene rings is 2. The zero-order chi connectivity index (χ0) is 18.0. The molecule has 0 saturated heterocycles. The van der Waals surface area contributed by atoms with Crippen LogP contribution in [-0.2, 0) is 4.79 Å². The molecule has 0 aromatic heterocycles. The fourth-order valence-electron chi connectivity index (χ4n) is 2.65. The summed E-state index contributed by atoms with van der Waals surface area (Å²) >= 11 is 0. The number of rotatable bonds is 3. The first-order valence-corrected chi connectivity index (χ1v) is 7.62. The summed E-state index contributed by atoms with van der Waals surface area (Å²) in [7, 11) is 1.59. The van der Waals surface area contributed by atoms with Gasteiger partial charge in [-0.2, -0.15) is 5.26 Å². The van der Waals surface area contributed by atoms with E-state index in [9.17, 15) is 10.1 Å². The predicted molar refractivity (Wildman–Crippen MR) is 94.5 cm³/mol. The standard InChI is InChI=1S/C20H16N2O3/c1-12-3-8-18-16(9-12)15(17(11-21)20(22)23)10-19(25-18)13-4-6-14(24-2)7-5-13/h3-10H,1-2H3,(H2,22,23)/b17-15-. The van der Waals surface area contributed by atoms with E-state index in [4.69, 9.17) is 15.2 Å². The molecule has 5 heteroatoms. The van der Waals surface area contributed by atoms with Gasteiger partial charge in [0.2, 0.25) is 0 Å². The number of amides is 1. The van der Waals surface area contributed by atoms with Crippen LogP contribution in [0, 0.1) is 18.3 Å². The Morgan fingerprint density at radius 2 is 1.92 bits per heavy atom. The summed E-state index contributed by atoms with van der Waals surface area (Å²) < 4.78 is 11.1. The lowest BCUT2D eigenvalue weighted by atomic mass is 9.94. The summed E-state index contributed by atoms with van der Waals surface area (Å²) in [4.78, 5) is 11.7. The van der Waals surface area contributed by atoms with Crippen molar-refractivity contribution in [2.45, 2.75) is 6.92 Å². The number of hydrogen-bond donors (Lipinski definition) is 1. The van der Waals surface area contributed by atoms with Crippen LogP contribution in [0.3, 0.4) is 0 Å². The summed E-state index contributed by atoms with van der Waals surface area (Å²) in [6.45, 7) is 1.93. The van der Waals surface area contributed by atoms with Crippen molar-refractivity contribution in [2.24, 2.45) is 5.73 Å². The number of aryl methyl sites for hydroxylation is 1. The van der Waals surface area contributed by atoms with Gasteiger partial charge in [-0.1, -0.05) is 11.6 Å². The Labute approximate surface area is 145 Å². The van der Waals surface area contributed by atoms with Crippen LogP contribution in [0.15, 0.2) is 54.1 Å². The van der Waals surface area contributed by atoms with Crippen molar-refractivity contribution in [3.8, 4) is 17.6 Å². The van der Waals surface area contributed by atoms with E-state index in [0.717, 1.165) is 16.9 Å².